The van der Waals surface area contributed by atoms with E-state index in [1.165, 1.54) is 36.6 Å². The second kappa shape index (κ2) is 9.23. The third kappa shape index (κ3) is 3.95. The van der Waals surface area contributed by atoms with Crippen molar-refractivity contribution in [3.63, 3.8) is 0 Å². The Balaban J connectivity index is 1.22. The number of carbonyl (C=O) groups is 1. The van der Waals surface area contributed by atoms with E-state index >= 15 is 0 Å². The van der Waals surface area contributed by atoms with Gasteiger partial charge in [0.15, 0.2) is 11.5 Å². The van der Waals surface area contributed by atoms with Crippen molar-refractivity contribution in [1.82, 2.24) is 9.80 Å². The summed E-state index contributed by atoms with van der Waals surface area (Å²) in [6, 6.07) is 8.63. The molecule has 2 aliphatic heterocycles. The summed E-state index contributed by atoms with van der Waals surface area (Å²) < 4.78 is 52.0. The minimum Gasteiger partial charge on any atom is -0.493 e. The summed E-state index contributed by atoms with van der Waals surface area (Å²) in [4.78, 5) is 17.6. The number of benzene rings is 2. The molecule has 41 heavy (non-hydrogen) atoms. The quantitative estimate of drug-likeness (QED) is 0.507. The van der Waals surface area contributed by atoms with Crippen LogP contribution in [0.5, 0.6) is 11.5 Å². The minimum atomic E-state index is -4.45. The summed E-state index contributed by atoms with van der Waals surface area (Å²) in [6.45, 7) is 1.87. The Hall–Kier alpha value is -3.04. The number of likely N-dealkylation sites (N-methyl/N-ethyl adjacent to an activating group) is 1. The van der Waals surface area contributed by atoms with Crippen LogP contribution in [-0.4, -0.2) is 71.8 Å². The smallest absolute Gasteiger partial charge is 0.416 e. The molecule has 7 rings (SSSR count). The third-order valence-electron chi connectivity index (χ3n) is 10.4. The van der Waals surface area contributed by atoms with Crippen LogP contribution in [0.3, 0.4) is 0 Å². The van der Waals surface area contributed by atoms with Crippen LogP contribution in [0.2, 0.25) is 0 Å². The summed E-state index contributed by atoms with van der Waals surface area (Å²) in [5.41, 5.74) is 0.0959. The Morgan fingerprint density at radius 3 is 2.76 bits per heavy atom. The molecular formula is C32H35F3N2O4. The zero-order chi connectivity index (χ0) is 28.7. The largest absolute Gasteiger partial charge is 0.493 e. The van der Waals surface area contributed by atoms with E-state index in [9.17, 15) is 23.1 Å². The molecule has 0 aromatic heterocycles. The second-order valence-electron chi connectivity index (χ2n) is 12.5. The maximum atomic E-state index is 13.4. The summed E-state index contributed by atoms with van der Waals surface area (Å²) in [5.74, 6) is 1.69. The molecule has 1 saturated heterocycles. The Labute approximate surface area is 237 Å². The Bertz CT molecular complexity index is 1420. The summed E-state index contributed by atoms with van der Waals surface area (Å²) in [7, 11) is 3.33. The van der Waals surface area contributed by atoms with Gasteiger partial charge in [-0.2, -0.15) is 13.2 Å². The highest BCUT2D eigenvalue weighted by atomic mass is 19.4. The van der Waals surface area contributed by atoms with Crippen molar-refractivity contribution in [3.8, 4) is 11.5 Å². The van der Waals surface area contributed by atoms with Crippen molar-refractivity contribution < 1.29 is 32.5 Å². The van der Waals surface area contributed by atoms with E-state index in [-0.39, 0.29) is 18.0 Å². The lowest BCUT2D eigenvalue weighted by Crippen LogP contribution is -2.78. The van der Waals surface area contributed by atoms with E-state index in [0.717, 1.165) is 43.6 Å². The average Bonchev–Trinajstić information content (AvgIpc) is 3.70. The highest BCUT2D eigenvalue weighted by Gasteiger charge is 2.73. The van der Waals surface area contributed by atoms with Crippen LogP contribution < -0.4 is 9.47 Å². The van der Waals surface area contributed by atoms with Gasteiger partial charge in [0.2, 0.25) is 5.91 Å². The molecule has 2 aromatic rings. The SMILES string of the molecule is COc1ccc2c3c1O[C@H]1[C@H](N(C)C(=O)C=Cc4cccc(C(F)(F)F)c4)CC[C@@]4(O)[C@@H](C2)N(CC2CC2)CC[C@]314. The maximum Gasteiger partial charge on any atom is 0.416 e. The minimum absolute atomic E-state index is 0.0162. The summed E-state index contributed by atoms with van der Waals surface area (Å²) in [5, 5.41) is 12.7. The van der Waals surface area contributed by atoms with Gasteiger partial charge < -0.3 is 19.5 Å². The Morgan fingerprint density at radius 1 is 1.22 bits per heavy atom. The predicted molar refractivity (Wildman–Crippen MR) is 147 cm³/mol. The number of methoxy groups -OCH3 is 1. The molecule has 0 radical (unpaired) electrons. The molecule has 2 saturated carbocycles. The Kier molecular flexibility index (Phi) is 6.04. The molecule has 6 nitrogen and oxygen atoms in total. The topological polar surface area (TPSA) is 62.2 Å². The first-order chi connectivity index (χ1) is 19.6. The molecule has 5 aliphatic rings. The van der Waals surface area contributed by atoms with Crippen molar-refractivity contribution >= 4 is 12.0 Å². The number of carbonyl (C=O) groups excluding carboxylic acids is 1. The lowest BCUT2D eigenvalue weighted by atomic mass is 9.48. The standard InChI is InChI=1S/C32H35F3N2O4/c1-36(26(38)11-8-19-4-3-5-22(16-19)32(33,34)35)23-12-13-31(39)25-17-21-9-10-24(40-2)28-27(21)30(31,29(23)41-28)14-15-37(25)18-20-6-7-20/h3-5,8-11,16,20,23,25,29,39H,6-7,12-15,17-18H2,1-2H3/t23-,25-,29+,30+,31-/m1/s1. The number of ether oxygens (including phenoxy) is 2. The van der Waals surface area contributed by atoms with E-state index < -0.39 is 28.9 Å². The number of amides is 1. The molecule has 9 heteroatoms. The monoisotopic (exact) mass is 568 g/mol. The highest BCUT2D eigenvalue weighted by Crippen LogP contribution is 2.66. The molecule has 0 unspecified atom stereocenters. The molecule has 3 aliphatic carbocycles. The van der Waals surface area contributed by atoms with E-state index in [0.29, 0.717) is 35.8 Å². The van der Waals surface area contributed by atoms with E-state index in [4.69, 9.17) is 9.47 Å². The number of alkyl halides is 3. The Morgan fingerprint density at radius 2 is 2.02 bits per heavy atom. The number of halogens is 3. The first kappa shape index (κ1) is 26.8. The molecule has 2 bridgehead atoms. The highest BCUT2D eigenvalue weighted by molar-refractivity contribution is 5.92. The maximum absolute atomic E-state index is 13.4. The number of likely N-dealkylation sites (tertiary alicyclic amines) is 1. The fraction of sp³-hybridized carbons (Fsp3) is 0.531. The molecule has 218 valence electrons. The van der Waals surface area contributed by atoms with Crippen LogP contribution in [0.25, 0.3) is 6.08 Å². The molecular weight excluding hydrogens is 533 g/mol. The van der Waals surface area contributed by atoms with E-state index in [1.54, 1.807) is 25.1 Å². The van der Waals surface area contributed by atoms with Gasteiger partial charge in [-0.25, -0.2) is 0 Å². The second-order valence-corrected chi connectivity index (χ2v) is 12.5. The molecule has 1 amide bonds. The molecule has 5 atom stereocenters. The number of hydrogen-bond donors (Lipinski definition) is 1. The zero-order valence-corrected chi connectivity index (χ0v) is 23.3. The van der Waals surface area contributed by atoms with Crippen LogP contribution in [0.4, 0.5) is 13.2 Å². The van der Waals surface area contributed by atoms with Crippen molar-refractivity contribution in [2.45, 2.75) is 73.9 Å². The van der Waals surface area contributed by atoms with Crippen molar-refractivity contribution in [2.24, 2.45) is 5.92 Å². The normalized spacial score (nSPS) is 32.0. The fourth-order valence-corrected chi connectivity index (χ4v) is 8.27. The van der Waals surface area contributed by atoms with Gasteiger partial charge in [0, 0.05) is 31.3 Å². The summed E-state index contributed by atoms with van der Waals surface area (Å²) in [6.07, 6.45) is 2.90. The van der Waals surface area contributed by atoms with Gasteiger partial charge in [-0.1, -0.05) is 18.2 Å². The van der Waals surface area contributed by atoms with Crippen molar-refractivity contribution in [3.05, 3.63) is 64.7 Å². The third-order valence-corrected chi connectivity index (χ3v) is 10.4. The van der Waals surface area contributed by atoms with Gasteiger partial charge in [0.05, 0.1) is 29.7 Å². The van der Waals surface area contributed by atoms with Gasteiger partial charge in [-0.05, 0) is 86.4 Å². The van der Waals surface area contributed by atoms with Crippen molar-refractivity contribution in [2.75, 3.05) is 27.2 Å². The molecule has 3 fully saturated rings. The van der Waals surface area contributed by atoms with Gasteiger partial charge in [0.25, 0.3) is 0 Å². The average molecular weight is 569 g/mol. The van der Waals surface area contributed by atoms with Gasteiger partial charge in [-0.15, -0.1) is 0 Å². The number of hydrogen-bond acceptors (Lipinski definition) is 5. The van der Waals surface area contributed by atoms with Crippen LogP contribution in [0.1, 0.15) is 54.4 Å². The van der Waals surface area contributed by atoms with E-state index in [1.807, 2.05) is 6.07 Å². The fourth-order valence-electron chi connectivity index (χ4n) is 8.27. The number of piperidine rings is 1. The van der Waals surface area contributed by atoms with Gasteiger partial charge in [-0.3, -0.25) is 9.69 Å². The van der Waals surface area contributed by atoms with Gasteiger partial charge >= 0.3 is 6.18 Å². The number of aliphatic hydroxyl groups is 1. The first-order valence-corrected chi connectivity index (χ1v) is 14.5. The van der Waals surface area contributed by atoms with Crippen molar-refractivity contribution in [1.29, 1.82) is 0 Å². The lowest BCUT2D eigenvalue weighted by Gasteiger charge is -2.64. The molecule has 2 aromatic carbocycles. The summed E-state index contributed by atoms with van der Waals surface area (Å²) >= 11 is 0. The van der Waals surface area contributed by atoms with Crippen LogP contribution in [-0.2, 0) is 22.8 Å². The molecule has 1 spiro atoms. The van der Waals surface area contributed by atoms with Crippen LogP contribution in [0.15, 0.2) is 42.5 Å². The van der Waals surface area contributed by atoms with Crippen LogP contribution >= 0.6 is 0 Å². The molecule has 2 heterocycles. The zero-order valence-electron chi connectivity index (χ0n) is 23.3. The number of rotatable bonds is 6. The predicted octanol–water partition coefficient (Wildman–Crippen LogP) is 4.82. The molecule has 1 N–H and O–H groups in total. The van der Waals surface area contributed by atoms with E-state index in [2.05, 4.69) is 11.0 Å². The lowest BCUT2D eigenvalue weighted by molar-refractivity contribution is -0.200. The van der Waals surface area contributed by atoms with Gasteiger partial charge in [0.1, 0.15) is 6.10 Å². The van der Waals surface area contributed by atoms with Crippen LogP contribution in [0, 0.1) is 5.92 Å². The number of nitrogens with zero attached hydrogens (tertiary/aromatic N) is 2. The first-order valence-electron chi connectivity index (χ1n) is 14.5.